The average Bonchev–Trinajstić information content (AvgIpc) is 2.19. The number of hydrogen-bond donors (Lipinski definition) is 1. The van der Waals surface area contributed by atoms with Crippen molar-refractivity contribution in [3.63, 3.8) is 0 Å². The summed E-state index contributed by atoms with van der Waals surface area (Å²) in [5.41, 5.74) is 6.06. The molecule has 6 nitrogen and oxygen atoms in total. The highest BCUT2D eigenvalue weighted by atomic mass is 32.2. The van der Waals surface area contributed by atoms with Gasteiger partial charge >= 0.3 is 0 Å². The third-order valence-corrected chi connectivity index (χ3v) is 3.91. The van der Waals surface area contributed by atoms with Crippen molar-refractivity contribution in [2.45, 2.75) is 5.03 Å². The van der Waals surface area contributed by atoms with E-state index in [0.29, 0.717) is 22.3 Å². The fourth-order valence-electron chi connectivity index (χ4n) is 0.932. The molecule has 90 valence electrons. The number of rotatable bonds is 5. The van der Waals surface area contributed by atoms with Gasteiger partial charge in [0, 0.05) is 12.0 Å². The van der Waals surface area contributed by atoms with Crippen molar-refractivity contribution < 1.29 is 13.2 Å². The fraction of sp³-hybridized carbons (Fsp3) is 0.500. The lowest BCUT2D eigenvalue weighted by Crippen LogP contribution is -2.06. The van der Waals surface area contributed by atoms with Crippen LogP contribution in [0.2, 0.25) is 0 Å². The van der Waals surface area contributed by atoms with Crippen LogP contribution in [-0.2, 0) is 9.84 Å². The van der Waals surface area contributed by atoms with Crippen molar-refractivity contribution >= 4 is 27.3 Å². The molecule has 1 heterocycles. The Morgan fingerprint density at radius 1 is 1.50 bits per heavy atom. The monoisotopic (exact) mass is 263 g/mol. The Bertz CT molecular complexity index is 462. The second kappa shape index (κ2) is 5.35. The molecular formula is C8H13N3O3S2. The summed E-state index contributed by atoms with van der Waals surface area (Å²) in [6.07, 6.45) is 2.52. The predicted octanol–water partition coefficient (Wildman–Crippen LogP) is 0.204. The number of nitrogens with zero attached hydrogens (tertiary/aromatic N) is 2. The highest BCUT2D eigenvalue weighted by molar-refractivity contribution is 8.00. The molecule has 0 saturated heterocycles. The zero-order chi connectivity index (χ0) is 12.2. The zero-order valence-corrected chi connectivity index (χ0v) is 10.6. The minimum Gasteiger partial charge on any atom is -0.479 e. The molecule has 0 atom stereocenters. The van der Waals surface area contributed by atoms with Crippen molar-refractivity contribution in [1.29, 1.82) is 0 Å². The van der Waals surface area contributed by atoms with Gasteiger partial charge in [0.15, 0.2) is 0 Å². The molecular weight excluding hydrogens is 250 g/mol. The molecule has 0 radical (unpaired) electrons. The van der Waals surface area contributed by atoms with Crippen LogP contribution in [-0.4, -0.2) is 43.3 Å². The lowest BCUT2D eigenvalue weighted by molar-refractivity contribution is 0.397. The average molecular weight is 263 g/mol. The van der Waals surface area contributed by atoms with Gasteiger partial charge in [-0.15, -0.1) is 11.8 Å². The number of anilines is 1. The SMILES string of the molecule is COc1ncnc(SCCS(C)(=O)=O)c1N. The Morgan fingerprint density at radius 2 is 2.19 bits per heavy atom. The normalized spacial score (nSPS) is 11.4. The Hall–Kier alpha value is -1.02. The molecule has 0 aliphatic heterocycles. The number of nitrogens with two attached hydrogens (primary N) is 1. The predicted molar refractivity (Wildman–Crippen MR) is 63.4 cm³/mol. The molecule has 8 heteroatoms. The van der Waals surface area contributed by atoms with Gasteiger partial charge in [0.05, 0.1) is 12.9 Å². The van der Waals surface area contributed by atoms with Crippen molar-refractivity contribution in [1.82, 2.24) is 9.97 Å². The summed E-state index contributed by atoms with van der Waals surface area (Å²) in [6.45, 7) is 0. The number of sulfone groups is 1. The zero-order valence-electron chi connectivity index (χ0n) is 9.00. The first kappa shape index (κ1) is 13.0. The van der Waals surface area contributed by atoms with Gasteiger partial charge in [0.1, 0.15) is 26.9 Å². The van der Waals surface area contributed by atoms with Gasteiger partial charge in [-0.25, -0.2) is 13.4 Å². The molecule has 0 fully saturated rings. The summed E-state index contributed by atoms with van der Waals surface area (Å²) in [5, 5.41) is 0.538. The molecule has 16 heavy (non-hydrogen) atoms. The van der Waals surface area contributed by atoms with E-state index in [1.807, 2.05) is 0 Å². The Labute approximate surface area is 98.5 Å². The number of aromatic nitrogens is 2. The van der Waals surface area contributed by atoms with Crippen molar-refractivity contribution in [3.8, 4) is 5.88 Å². The summed E-state index contributed by atoms with van der Waals surface area (Å²) in [6, 6.07) is 0. The van der Waals surface area contributed by atoms with Crippen LogP contribution in [0.25, 0.3) is 0 Å². The van der Waals surface area contributed by atoms with Crippen LogP contribution >= 0.6 is 11.8 Å². The highest BCUT2D eigenvalue weighted by Crippen LogP contribution is 2.28. The quantitative estimate of drug-likeness (QED) is 0.599. The summed E-state index contributed by atoms with van der Waals surface area (Å²) >= 11 is 1.27. The van der Waals surface area contributed by atoms with Crippen LogP contribution in [0.15, 0.2) is 11.4 Å². The largest absolute Gasteiger partial charge is 0.479 e. The van der Waals surface area contributed by atoms with Crippen LogP contribution < -0.4 is 10.5 Å². The van der Waals surface area contributed by atoms with Gasteiger partial charge in [-0.3, -0.25) is 0 Å². The van der Waals surface area contributed by atoms with Crippen LogP contribution in [0.3, 0.4) is 0 Å². The van der Waals surface area contributed by atoms with Gasteiger partial charge < -0.3 is 10.5 Å². The van der Waals surface area contributed by atoms with E-state index in [1.54, 1.807) is 0 Å². The topological polar surface area (TPSA) is 95.2 Å². The number of hydrogen-bond acceptors (Lipinski definition) is 7. The maximum atomic E-state index is 10.9. The maximum absolute atomic E-state index is 10.9. The summed E-state index contributed by atoms with van der Waals surface area (Å²) in [4.78, 5) is 7.78. The smallest absolute Gasteiger partial charge is 0.241 e. The number of ether oxygens (including phenoxy) is 1. The van der Waals surface area contributed by atoms with E-state index in [0.717, 1.165) is 0 Å². The van der Waals surface area contributed by atoms with E-state index >= 15 is 0 Å². The molecule has 1 rings (SSSR count). The molecule has 2 N–H and O–H groups in total. The molecule has 0 amide bonds. The summed E-state index contributed by atoms with van der Waals surface area (Å²) in [5.74, 6) is 0.795. The van der Waals surface area contributed by atoms with Crippen molar-refractivity contribution in [2.24, 2.45) is 0 Å². The third kappa shape index (κ3) is 3.86. The van der Waals surface area contributed by atoms with E-state index in [2.05, 4.69) is 9.97 Å². The van der Waals surface area contributed by atoms with Crippen LogP contribution in [0.5, 0.6) is 5.88 Å². The van der Waals surface area contributed by atoms with Gasteiger partial charge in [-0.05, 0) is 0 Å². The van der Waals surface area contributed by atoms with Crippen LogP contribution in [0.1, 0.15) is 0 Å². The lowest BCUT2D eigenvalue weighted by Gasteiger charge is -2.06. The first-order valence-electron chi connectivity index (χ1n) is 4.39. The van der Waals surface area contributed by atoms with Gasteiger partial charge in [-0.2, -0.15) is 4.98 Å². The molecule has 0 aromatic carbocycles. The third-order valence-electron chi connectivity index (χ3n) is 1.70. The van der Waals surface area contributed by atoms with E-state index < -0.39 is 9.84 Å². The molecule has 0 aliphatic rings. The molecule has 0 aliphatic carbocycles. The molecule has 1 aromatic rings. The maximum Gasteiger partial charge on any atom is 0.241 e. The van der Waals surface area contributed by atoms with Crippen LogP contribution in [0, 0.1) is 0 Å². The van der Waals surface area contributed by atoms with Gasteiger partial charge in [-0.1, -0.05) is 0 Å². The molecule has 0 spiro atoms. The van der Waals surface area contributed by atoms with E-state index in [1.165, 1.54) is 31.5 Å². The van der Waals surface area contributed by atoms with E-state index in [4.69, 9.17) is 10.5 Å². The number of thioether (sulfide) groups is 1. The van der Waals surface area contributed by atoms with E-state index in [-0.39, 0.29) is 5.75 Å². The van der Waals surface area contributed by atoms with E-state index in [9.17, 15) is 8.42 Å². The van der Waals surface area contributed by atoms with Crippen molar-refractivity contribution in [2.75, 3.05) is 30.6 Å². The molecule has 0 saturated carbocycles. The van der Waals surface area contributed by atoms with Gasteiger partial charge in [0.25, 0.3) is 0 Å². The fourth-order valence-corrected chi connectivity index (χ4v) is 3.03. The number of nitrogen functional groups attached to an aromatic ring is 1. The Morgan fingerprint density at radius 3 is 2.75 bits per heavy atom. The second-order valence-corrected chi connectivity index (χ2v) is 6.42. The highest BCUT2D eigenvalue weighted by Gasteiger charge is 2.10. The van der Waals surface area contributed by atoms with Crippen molar-refractivity contribution in [3.05, 3.63) is 6.33 Å². The summed E-state index contributed by atoms with van der Waals surface area (Å²) < 4.78 is 26.8. The molecule has 0 bridgehead atoms. The Kier molecular flexibility index (Phi) is 4.36. The first-order valence-corrected chi connectivity index (χ1v) is 7.43. The first-order chi connectivity index (χ1) is 7.44. The summed E-state index contributed by atoms with van der Waals surface area (Å²) in [7, 11) is -1.50. The second-order valence-electron chi connectivity index (χ2n) is 3.08. The van der Waals surface area contributed by atoms with Gasteiger partial charge in [0.2, 0.25) is 5.88 Å². The minimum absolute atomic E-state index is 0.0867. The number of methoxy groups -OCH3 is 1. The molecule has 1 aromatic heterocycles. The Balaban J connectivity index is 2.68. The minimum atomic E-state index is -2.96. The molecule has 0 unspecified atom stereocenters. The lowest BCUT2D eigenvalue weighted by atomic mass is 10.5. The van der Waals surface area contributed by atoms with Crippen LogP contribution in [0.4, 0.5) is 5.69 Å². The standard InChI is InChI=1S/C8H13N3O3S2/c1-14-7-6(9)8(11-5-10-7)15-3-4-16(2,12)13/h5H,3-4,9H2,1-2H3.